The van der Waals surface area contributed by atoms with Crippen molar-refractivity contribution in [2.75, 3.05) is 7.11 Å². The summed E-state index contributed by atoms with van der Waals surface area (Å²) in [7, 11) is 0.0278. The van der Waals surface area contributed by atoms with E-state index in [1.165, 1.54) is 64.9 Å². The summed E-state index contributed by atoms with van der Waals surface area (Å²) in [6.07, 6.45) is 17.3. The van der Waals surface area contributed by atoms with Crippen LogP contribution in [-0.2, 0) is 14.0 Å². The standard InChI is InChI=1S/C31H54O3Si/c1-21(10-9-11-22(2)29(32)33-5)26-14-15-27-25-13-12-23-20-24(34-35(6,7)8)16-18-30(23,3)28(25)17-19-31(26,27)4/h12,21-22,24-28H,9-11,13-20H2,1-8H3/t21-,22?,24?,25+,26-,27+,28+,30+,31-/m1/s1. The molecule has 0 aromatic heterocycles. The van der Waals surface area contributed by atoms with Crippen LogP contribution in [0.5, 0.6) is 0 Å². The molecule has 0 radical (unpaired) electrons. The lowest BCUT2D eigenvalue weighted by molar-refractivity contribution is -0.145. The zero-order chi connectivity index (χ0) is 25.6. The summed E-state index contributed by atoms with van der Waals surface area (Å²) in [4.78, 5) is 11.8. The lowest BCUT2D eigenvalue weighted by atomic mass is 9.47. The molecule has 3 saturated carbocycles. The first kappa shape index (κ1) is 27.4. The fourth-order valence-electron chi connectivity index (χ4n) is 9.47. The van der Waals surface area contributed by atoms with E-state index >= 15 is 0 Å². The molecule has 0 saturated heterocycles. The summed E-state index contributed by atoms with van der Waals surface area (Å²) >= 11 is 0. The fraction of sp³-hybridized carbons (Fsp3) is 0.903. The molecule has 3 fully saturated rings. The van der Waals surface area contributed by atoms with Crippen molar-refractivity contribution in [1.29, 1.82) is 0 Å². The highest BCUT2D eigenvalue weighted by Gasteiger charge is 2.59. The second-order valence-electron chi connectivity index (χ2n) is 14.4. The van der Waals surface area contributed by atoms with Crippen molar-refractivity contribution >= 4 is 14.3 Å². The van der Waals surface area contributed by atoms with Gasteiger partial charge in [-0.1, -0.05) is 52.2 Å². The molecule has 3 nitrogen and oxygen atoms in total. The number of hydrogen-bond acceptors (Lipinski definition) is 3. The van der Waals surface area contributed by atoms with Crippen LogP contribution in [0.2, 0.25) is 19.6 Å². The number of carbonyl (C=O) groups is 1. The molecule has 2 unspecified atom stereocenters. The van der Waals surface area contributed by atoms with Crippen molar-refractivity contribution < 1.29 is 14.0 Å². The number of ether oxygens (including phenoxy) is 1. The zero-order valence-corrected chi connectivity index (χ0v) is 25.1. The number of methoxy groups -OCH3 is 1. The number of fused-ring (bicyclic) bond motifs is 5. The summed E-state index contributed by atoms with van der Waals surface area (Å²) in [5.41, 5.74) is 2.67. The van der Waals surface area contributed by atoms with Crippen LogP contribution in [0.3, 0.4) is 0 Å². The number of carbonyl (C=O) groups excluding carboxylic acids is 1. The van der Waals surface area contributed by atoms with Crippen LogP contribution in [-0.4, -0.2) is 27.5 Å². The predicted molar refractivity (Wildman–Crippen MR) is 148 cm³/mol. The van der Waals surface area contributed by atoms with Crippen molar-refractivity contribution in [1.82, 2.24) is 0 Å². The van der Waals surface area contributed by atoms with Gasteiger partial charge in [-0.15, -0.1) is 0 Å². The highest BCUT2D eigenvalue weighted by Crippen LogP contribution is 2.67. The average molecular weight is 503 g/mol. The van der Waals surface area contributed by atoms with Gasteiger partial charge in [-0.05, 0) is 118 Å². The van der Waals surface area contributed by atoms with Gasteiger partial charge in [0.2, 0.25) is 0 Å². The molecule has 4 aliphatic rings. The Balaban J connectivity index is 1.41. The van der Waals surface area contributed by atoms with Crippen molar-refractivity contribution in [3.63, 3.8) is 0 Å². The van der Waals surface area contributed by atoms with Gasteiger partial charge >= 0.3 is 5.97 Å². The van der Waals surface area contributed by atoms with Gasteiger partial charge in [-0.25, -0.2) is 0 Å². The van der Waals surface area contributed by atoms with Gasteiger partial charge in [0.15, 0.2) is 8.32 Å². The molecule has 4 aliphatic carbocycles. The third-order valence-electron chi connectivity index (χ3n) is 11.2. The third kappa shape index (κ3) is 5.35. The van der Waals surface area contributed by atoms with E-state index in [2.05, 4.69) is 46.5 Å². The van der Waals surface area contributed by atoms with E-state index in [-0.39, 0.29) is 11.9 Å². The Labute approximate surface area is 217 Å². The first-order chi connectivity index (χ1) is 16.4. The Morgan fingerprint density at radius 1 is 1.06 bits per heavy atom. The van der Waals surface area contributed by atoms with Crippen LogP contribution < -0.4 is 0 Å². The monoisotopic (exact) mass is 502 g/mol. The first-order valence-electron chi connectivity index (χ1n) is 14.8. The zero-order valence-electron chi connectivity index (χ0n) is 24.1. The van der Waals surface area contributed by atoms with Gasteiger partial charge < -0.3 is 9.16 Å². The van der Waals surface area contributed by atoms with Crippen LogP contribution >= 0.6 is 0 Å². The van der Waals surface area contributed by atoms with Gasteiger partial charge in [0.25, 0.3) is 0 Å². The minimum atomic E-state index is -1.48. The Bertz CT molecular complexity index is 800. The van der Waals surface area contributed by atoms with E-state index in [0.717, 1.165) is 42.4 Å². The number of esters is 1. The van der Waals surface area contributed by atoms with Gasteiger partial charge in [-0.2, -0.15) is 0 Å². The summed E-state index contributed by atoms with van der Waals surface area (Å²) in [6, 6.07) is 0. The van der Waals surface area contributed by atoms with Crippen molar-refractivity contribution in [3.05, 3.63) is 11.6 Å². The minimum absolute atomic E-state index is 0.0322. The fourth-order valence-corrected chi connectivity index (χ4v) is 10.7. The molecule has 0 aromatic rings. The van der Waals surface area contributed by atoms with Crippen molar-refractivity contribution in [2.24, 2.45) is 46.3 Å². The van der Waals surface area contributed by atoms with Crippen molar-refractivity contribution in [2.45, 2.75) is 124 Å². The van der Waals surface area contributed by atoms with Crippen LogP contribution in [0.4, 0.5) is 0 Å². The Morgan fingerprint density at radius 2 is 1.80 bits per heavy atom. The Kier molecular flexibility index (Phi) is 8.05. The molecule has 200 valence electrons. The number of rotatable bonds is 8. The van der Waals surface area contributed by atoms with Gasteiger partial charge in [0.05, 0.1) is 13.0 Å². The largest absolute Gasteiger partial charge is 0.469 e. The SMILES string of the molecule is COC(=O)C(C)CCC[C@@H](C)[C@H]1CC[C@H]2[C@@H]3CC=C4CC(O[Si](C)(C)C)CC[C@]4(C)[C@H]3CC[C@]12C. The summed E-state index contributed by atoms with van der Waals surface area (Å²) < 4.78 is 11.5. The van der Waals surface area contributed by atoms with E-state index in [1.54, 1.807) is 5.57 Å². The van der Waals surface area contributed by atoms with Gasteiger partial charge in [0, 0.05) is 6.10 Å². The third-order valence-corrected chi connectivity index (χ3v) is 12.3. The lowest BCUT2D eigenvalue weighted by Crippen LogP contribution is -2.51. The van der Waals surface area contributed by atoms with E-state index in [1.807, 2.05) is 6.92 Å². The number of allylic oxidation sites excluding steroid dienone is 1. The minimum Gasteiger partial charge on any atom is -0.469 e. The molecule has 0 spiro atoms. The average Bonchev–Trinajstić information content (AvgIpc) is 3.15. The summed E-state index contributed by atoms with van der Waals surface area (Å²) in [6.45, 7) is 16.8. The molecular formula is C31H54O3Si. The lowest BCUT2D eigenvalue weighted by Gasteiger charge is -2.58. The second-order valence-corrected chi connectivity index (χ2v) is 18.9. The normalized spacial score (nSPS) is 40.7. The summed E-state index contributed by atoms with van der Waals surface area (Å²) in [5, 5.41) is 0. The smallest absolute Gasteiger partial charge is 0.308 e. The maximum absolute atomic E-state index is 11.8. The molecule has 0 aromatic carbocycles. The molecule has 0 heterocycles. The van der Waals surface area contributed by atoms with Gasteiger partial charge in [0.1, 0.15) is 0 Å². The molecule has 4 heteroatoms. The molecule has 9 atom stereocenters. The highest BCUT2D eigenvalue weighted by molar-refractivity contribution is 6.69. The maximum Gasteiger partial charge on any atom is 0.308 e. The van der Waals surface area contributed by atoms with Crippen LogP contribution in [0.1, 0.15) is 98.3 Å². The molecular weight excluding hydrogens is 448 g/mol. The van der Waals surface area contributed by atoms with E-state index < -0.39 is 8.32 Å². The molecule has 0 bridgehead atoms. The maximum atomic E-state index is 11.8. The molecule has 35 heavy (non-hydrogen) atoms. The molecule has 0 amide bonds. The Hall–Kier alpha value is -0.613. The van der Waals surface area contributed by atoms with E-state index in [0.29, 0.717) is 16.9 Å². The van der Waals surface area contributed by atoms with Crippen LogP contribution in [0, 0.1) is 46.3 Å². The van der Waals surface area contributed by atoms with E-state index in [9.17, 15) is 4.79 Å². The van der Waals surface area contributed by atoms with Crippen LogP contribution in [0.15, 0.2) is 11.6 Å². The molecule has 0 N–H and O–H groups in total. The number of hydrogen-bond donors (Lipinski definition) is 0. The topological polar surface area (TPSA) is 35.5 Å². The highest BCUT2D eigenvalue weighted by atomic mass is 28.4. The van der Waals surface area contributed by atoms with Crippen molar-refractivity contribution in [3.8, 4) is 0 Å². The van der Waals surface area contributed by atoms with Gasteiger partial charge in [-0.3, -0.25) is 4.79 Å². The first-order valence-corrected chi connectivity index (χ1v) is 18.2. The summed E-state index contributed by atoms with van der Waals surface area (Å²) in [5.74, 6) is 4.24. The molecule has 4 rings (SSSR count). The quantitative estimate of drug-likeness (QED) is 0.190. The molecule has 0 aliphatic heterocycles. The van der Waals surface area contributed by atoms with Crippen LogP contribution in [0.25, 0.3) is 0 Å². The Morgan fingerprint density at radius 3 is 2.49 bits per heavy atom. The van der Waals surface area contributed by atoms with E-state index in [4.69, 9.17) is 9.16 Å². The predicted octanol–water partition coefficient (Wildman–Crippen LogP) is 8.40. The second kappa shape index (κ2) is 10.3.